The molecular weight excluding hydrogens is 325 g/mol. The first kappa shape index (κ1) is 14.6. The second kappa shape index (κ2) is 6.56. The van der Waals surface area contributed by atoms with Gasteiger partial charge in [-0.2, -0.15) is 0 Å². The largest absolute Gasteiger partial charge is 0.323 e. The van der Waals surface area contributed by atoms with Gasteiger partial charge in [0.05, 0.1) is 21.5 Å². The average Bonchev–Trinajstić information content (AvgIpc) is 2.90. The zero-order valence-corrected chi connectivity index (χ0v) is 13.0. The number of nitrogens with zero attached hydrogens (tertiary/aromatic N) is 2. The van der Waals surface area contributed by atoms with Crippen LogP contribution in [0.25, 0.3) is 0 Å². The first-order chi connectivity index (χ1) is 9.08. The molecule has 2 rings (SSSR count). The normalized spacial score (nSPS) is 10.5. The van der Waals surface area contributed by atoms with Crippen LogP contribution in [0.2, 0.25) is 10.0 Å². The molecule has 0 aliphatic heterocycles. The number of aryl methyl sites for hydroxylation is 1. The zero-order chi connectivity index (χ0) is 13.8. The molecule has 2 aromatic rings. The van der Waals surface area contributed by atoms with E-state index in [1.54, 1.807) is 17.6 Å². The summed E-state index contributed by atoms with van der Waals surface area (Å²) in [6.07, 6.45) is 0. The van der Waals surface area contributed by atoms with Crippen molar-refractivity contribution < 1.29 is 4.79 Å². The Morgan fingerprint density at radius 1 is 1.47 bits per heavy atom. The van der Waals surface area contributed by atoms with Crippen LogP contribution in [0.15, 0.2) is 22.0 Å². The van der Waals surface area contributed by atoms with Crippen molar-refractivity contribution in [2.45, 2.75) is 11.3 Å². The Kier molecular flexibility index (Phi) is 5.04. The lowest BCUT2D eigenvalue weighted by Crippen LogP contribution is -2.14. The Labute approximate surface area is 128 Å². The maximum atomic E-state index is 11.8. The number of aromatic nitrogens is 2. The van der Waals surface area contributed by atoms with Crippen molar-refractivity contribution in [3.8, 4) is 0 Å². The van der Waals surface area contributed by atoms with E-state index >= 15 is 0 Å². The van der Waals surface area contributed by atoms with Gasteiger partial charge in [-0.05, 0) is 18.6 Å². The quantitative estimate of drug-likeness (QED) is 0.862. The minimum Gasteiger partial charge on any atom is -0.323 e. The van der Waals surface area contributed by atoms with Crippen molar-refractivity contribution in [2.24, 2.45) is 0 Å². The van der Waals surface area contributed by atoms with E-state index < -0.39 is 0 Å². The van der Waals surface area contributed by atoms with Gasteiger partial charge in [0.25, 0.3) is 0 Å². The number of carbonyl (C=O) groups excluding carboxylic acids is 1. The van der Waals surface area contributed by atoms with Crippen molar-refractivity contribution in [2.75, 3.05) is 11.1 Å². The predicted molar refractivity (Wildman–Crippen MR) is 80.5 cm³/mol. The average molecular weight is 334 g/mol. The summed E-state index contributed by atoms with van der Waals surface area (Å²) in [5, 5.41) is 11.1. The minimum absolute atomic E-state index is 0.186. The molecule has 1 heterocycles. The summed E-state index contributed by atoms with van der Waals surface area (Å²) >= 11 is 14.8. The third-order valence-corrected chi connectivity index (χ3v) is 4.88. The number of nitrogens with one attached hydrogen (secondary N) is 1. The number of carbonyl (C=O) groups is 1. The molecule has 4 nitrogen and oxygen atoms in total. The zero-order valence-electron chi connectivity index (χ0n) is 9.81. The summed E-state index contributed by atoms with van der Waals surface area (Å²) in [6, 6.07) is 3.51. The number of halogens is 2. The maximum Gasteiger partial charge on any atom is 0.234 e. The molecule has 1 amide bonds. The minimum atomic E-state index is -0.186. The van der Waals surface area contributed by atoms with Crippen LogP contribution >= 0.6 is 46.3 Å². The molecule has 0 atom stereocenters. The molecule has 0 radical (unpaired) electrons. The van der Waals surface area contributed by atoms with E-state index in [0.29, 0.717) is 15.7 Å². The predicted octanol–water partition coefficient (Wildman–Crippen LogP) is 3.88. The number of hydrogen-bond acceptors (Lipinski definition) is 5. The first-order valence-corrected chi connectivity index (χ1v) is 7.83. The Morgan fingerprint density at radius 2 is 2.26 bits per heavy atom. The molecule has 0 fully saturated rings. The molecule has 0 saturated carbocycles. The van der Waals surface area contributed by atoms with E-state index in [1.165, 1.54) is 23.1 Å². The summed E-state index contributed by atoms with van der Waals surface area (Å²) < 4.78 is 0.747. The van der Waals surface area contributed by atoms with Gasteiger partial charge in [-0.25, -0.2) is 0 Å². The second-order valence-corrected chi connectivity index (χ2v) is 6.44. The van der Waals surface area contributed by atoms with Gasteiger partial charge in [0, 0.05) is 0 Å². The summed E-state index contributed by atoms with van der Waals surface area (Å²) in [5.74, 6) is 0.0464. The fourth-order valence-corrected chi connectivity index (χ4v) is 3.05. The van der Waals surface area contributed by atoms with Gasteiger partial charge in [-0.3, -0.25) is 4.79 Å². The van der Waals surface area contributed by atoms with Gasteiger partial charge in [-0.15, -0.1) is 10.2 Å². The number of anilines is 1. The first-order valence-electron chi connectivity index (χ1n) is 5.21. The van der Waals surface area contributed by atoms with Crippen LogP contribution in [0.3, 0.4) is 0 Å². The third-order valence-electron chi connectivity index (χ3n) is 2.22. The van der Waals surface area contributed by atoms with Crippen molar-refractivity contribution in [1.82, 2.24) is 10.2 Å². The molecule has 0 unspecified atom stereocenters. The Balaban J connectivity index is 2.01. The van der Waals surface area contributed by atoms with Crippen molar-refractivity contribution >= 4 is 57.9 Å². The Morgan fingerprint density at radius 3 is 2.95 bits per heavy atom. The molecule has 0 spiro atoms. The third kappa shape index (κ3) is 3.82. The number of hydrogen-bond donors (Lipinski definition) is 1. The van der Waals surface area contributed by atoms with Crippen molar-refractivity contribution in [3.63, 3.8) is 0 Å². The van der Waals surface area contributed by atoms with Crippen LogP contribution in [0.1, 0.15) is 5.56 Å². The molecule has 8 heteroatoms. The second-order valence-electron chi connectivity index (χ2n) is 3.59. The van der Waals surface area contributed by atoms with E-state index in [-0.39, 0.29) is 11.7 Å². The molecule has 19 heavy (non-hydrogen) atoms. The molecule has 1 aromatic carbocycles. The van der Waals surface area contributed by atoms with E-state index in [0.717, 1.165) is 9.90 Å². The lowest BCUT2D eigenvalue weighted by atomic mass is 10.2. The molecule has 0 saturated heterocycles. The van der Waals surface area contributed by atoms with Crippen molar-refractivity contribution in [1.29, 1.82) is 0 Å². The summed E-state index contributed by atoms with van der Waals surface area (Å²) in [5.41, 5.74) is 2.93. The highest BCUT2D eigenvalue weighted by Crippen LogP contribution is 2.33. The maximum absolute atomic E-state index is 11.8. The van der Waals surface area contributed by atoms with Gasteiger partial charge < -0.3 is 5.32 Å². The van der Waals surface area contributed by atoms with Crippen LogP contribution in [-0.2, 0) is 4.79 Å². The molecule has 1 aromatic heterocycles. The number of amides is 1. The van der Waals surface area contributed by atoms with E-state index in [4.69, 9.17) is 23.2 Å². The van der Waals surface area contributed by atoms with Crippen LogP contribution in [0.5, 0.6) is 0 Å². The van der Waals surface area contributed by atoms with Crippen LogP contribution in [0, 0.1) is 6.92 Å². The van der Waals surface area contributed by atoms with Crippen LogP contribution in [-0.4, -0.2) is 21.9 Å². The molecule has 0 aliphatic carbocycles. The monoisotopic (exact) mass is 333 g/mol. The molecule has 1 N–H and O–H groups in total. The highest BCUT2D eigenvalue weighted by atomic mass is 35.5. The number of rotatable bonds is 4. The van der Waals surface area contributed by atoms with Crippen LogP contribution in [0.4, 0.5) is 5.69 Å². The Bertz CT molecular complexity index is 590. The molecule has 0 bridgehead atoms. The van der Waals surface area contributed by atoms with E-state index in [9.17, 15) is 4.79 Å². The standard InChI is InChI=1S/C11H9Cl2N3OS2/c1-6-2-3-7(12)10(9(6)13)15-8(17)4-18-11-16-14-5-19-11/h2-3,5H,4H2,1H3,(H,15,17). The number of thioether (sulfide) groups is 1. The summed E-state index contributed by atoms with van der Waals surface area (Å²) in [4.78, 5) is 11.8. The lowest BCUT2D eigenvalue weighted by molar-refractivity contribution is -0.113. The highest BCUT2D eigenvalue weighted by Gasteiger charge is 2.12. The molecule has 0 aliphatic rings. The topological polar surface area (TPSA) is 54.9 Å². The summed E-state index contributed by atoms with van der Waals surface area (Å²) in [6.45, 7) is 1.85. The molecule has 100 valence electrons. The Hall–Kier alpha value is -0.820. The highest BCUT2D eigenvalue weighted by molar-refractivity contribution is 8.01. The molecular formula is C11H9Cl2N3OS2. The van der Waals surface area contributed by atoms with Gasteiger partial charge in [0.15, 0.2) is 4.34 Å². The van der Waals surface area contributed by atoms with Gasteiger partial charge in [-0.1, -0.05) is 52.4 Å². The van der Waals surface area contributed by atoms with Crippen molar-refractivity contribution in [3.05, 3.63) is 33.3 Å². The van der Waals surface area contributed by atoms with Crippen LogP contribution < -0.4 is 5.32 Å². The van der Waals surface area contributed by atoms with Gasteiger partial charge >= 0.3 is 0 Å². The van der Waals surface area contributed by atoms with E-state index in [1.807, 2.05) is 6.92 Å². The van der Waals surface area contributed by atoms with Gasteiger partial charge in [0.2, 0.25) is 5.91 Å². The fraction of sp³-hybridized carbons (Fsp3) is 0.182. The smallest absolute Gasteiger partial charge is 0.234 e. The number of benzene rings is 1. The fourth-order valence-electron chi connectivity index (χ4n) is 1.30. The van der Waals surface area contributed by atoms with Gasteiger partial charge in [0.1, 0.15) is 5.51 Å². The summed E-state index contributed by atoms with van der Waals surface area (Å²) in [7, 11) is 0. The lowest BCUT2D eigenvalue weighted by Gasteiger charge is -2.10. The van der Waals surface area contributed by atoms with E-state index in [2.05, 4.69) is 15.5 Å². The SMILES string of the molecule is Cc1ccc(Cl)c(NC(=O)CSc2nncs2)c1Cl.